The van der Waals surface area contributed by atoms with Gasteiger partial charge in [-0.05, 0) is 41.7 Å². The molecule has 0 aliphatic carbocycles. The monoisotopic (exact) mass is 313 g/mol. The molecule has 116 valence electrons. The second-order valence-corrected chi connectivity index (χ2v) is 6.18. The number of benzene rings is 3. The zero-order valence-corrected chi connectivity index (χ0v) is 13.5. The standard InChI is InChI=1S/C21H17BFN/c1-15-6-8-16(9-7-15)20-14-17-4-2-3-5-21(17)24-22(20)18-10-12-19(23)13-11-18/h2-14,24H,1H3. The first-order valence-electron chi connectivity index (χ1n) is 8.10. The number of para-hydroxylation sites is 1. The fourth-order valence-corrected chi connectivity index (χ4v) is 3.15. The Morgan fingerprint density at radius 2 is 1.54 bits per heavy atom. The van der Waals surface area contributed by atoms with Gasteiger partial charge in [-0.25, -0.2) is 4.39 Å². The molecule has 24 heavy (non-hydrogen) atoms. The molecule has 1 heterocycles. The van der Waals surface area contributed by atoms with Crippen LogP contribution < -0.4 is 10.7 Å². The fourth-order valence-electron chi connectivity index (χ4n) is 3.15. The number of halogens is 1. The molecule has 0 unspecified atom stereocenters. The van der Waals surface area contributed by atoms with Crippen molar-refractivity contribution < 1.29 is 4.39 Å². The van der Waals surface area contributed by atoms with Crippen molar-refractivity contribution in [2.45, 2.75) is 6.92 Å². The van der Waals surface area contributed by atoms with Crippen molar-refractivity contribution in [2.24, 2.45) is 0 Å². The van der Waals surface area contributed by atoms with Crippen molar-refractivity contribution in [1.82, 2.24) is 0 Å². The predicted molar refractivity (Wildman–Crippen MR) is 101 cm³/mol. The van der Waals surface area contributed by atoms with Crippen molar-refractivity contribution in [3.05, 3.63) is 95.3 Å². The Hall–Kier alpha value is -2.81. The molecule has 4 rings (SSSR count). The number of aryl methyl sites for hydroxylation is 1. The summed E-state index contributed by atoms with van der Waals surface area (Å²) >= 11 is 0. The fraction of sp³-hybridized carbons (Fsp3) is 0.0476. The predicted octanol–water partition coefficient (Wildman–Crippen LogP) is 4.54. The minimum absolute atomic E-state index is 0.00297. The maximum atomic E-state index is 13.3. The van der Waals surface area contributed by atoms with Gasteiger partial charge in [-0.15, -0.1) is 0 Å². The van der Waals surface area contributed by atoms with E-state index in [1.165, 1.54) is 34.3 Å². The van der Waals surface area contributed by atoms with E-state index in [0.717, 1.165) is 11.2 Å². The molecule has 0 radical (unpaired) electrons. The van der Waals surface area contributed by atoms with Crippen LogP contribution in [0.25, 0.3) is 11.5 Å². The molecule has 0 fully saturated rings. The van der Waals surface area contributed by atoms with E-state index in [-0.39, 0.29) is 12.7 Å². The van der Waals surface area contributed by atoms with Crippen LogP contribution in [0, 0.1) is 12.7 Å². The van der Waals surface area contributed by atoms with Crippen LogP contribution in [-0.2, 0) is 0 Å². The zero-order valence-electron chi connectivity index (χ0n) is 13.5. The van der Waals surface area contributed by atoms with Crippen LogP contribution in [0.15, 0.2) is 72.8 Å². The van der Waals surface area contributed by atoms with E-state index in [2.05, 4.69) is 54.6 Å². The van der Waals surface area contributed by atoms with Crippen LogP contribution in [0.1, 0.15) is 16.7 Å². The van der Waals surface area contributed by atoms with Gasteiger partial charge in [0.25, 0.3) is 0 Å². The van der Waals surface area contributed by atoms with Gasteiger partial charge in [-0.2, -0.15) is 0 Å². The summed E-state index contributed by atoms with van der Waals surface area (Å²) in [5.41, 5.74) is 6.94. The number of hydrogen-bond donors (Lipinski definition) is 1. The molecule has 0 aromatic heterocycles. The number of rotatable bonds is 2. The molecule has 0 bridgehead atoms. The second kappa shape index (κ2) is 6.01. The third-order valence-electron chi connectivity index (χ3n) is 4.47. The minimum Gasteiger partial charge on any atom is -0.420 e. The van der Waals surface area contributed by atoms with Crippen molar-refractivity contribution in [3.8, 4) is 0 Å². The maximum absolute atomic E-state index is 13.3. The smallest absolute Gasteiger partial charge is 0.321 e. The van der Waals surface area contributed by atoms with Gasteiger partial charge in [-0.3, -0.25) is 0 Å². The van der Waals surface area contributed by atoms with E-state index < -0.39 is 0 Å². The third-order valence-corrected chi connectivity index (χ3v) is 4.47. The summed E-state index contributed by atoms with van der Waals surface area (Å²) in [6.45, 7) is 2.09. The minimum atomic E-state index is -0.212. The van der Waals surface area contributed by atoms with Gasteiger partial charge in [0.1, 0.15) is 5.82 Å². The summed E-state index contributed by atoms with van der Waals surface area (Å²) in [6, 6.07) is 23.5. The van der Waals surface area contributed by atoms with Gasteiger partial charge in [0.2, 0.25) is 0 Å². The summed E-state index contributed by atoms with van der Waals surface area (Å²) in [5, 5.41) is 3.61. The third kappa shape index (κ3) is 2.74. The molecule has 1 N–H and O–H groups in total. The number of fused-ring (bicyclic) bond motifs is 1. The average Bonchev–Trinajstić information content (AvgIpc) is 2.62. The summed E-state index contributed by atoms with van der Waals surface area (Å²) in [7, 11) is 0. The van der Waals surface area contributed by atoms with Crippen LogP contribution in [0.5, 0.6) is 0 Å². The molecule has 3 aromatic carbocycles. The van der Waals surface area contributed by atoms with Gasteiger partial charge in [-0.1, -0.05) is 71.7 Å². The first kappa shape index (κ1) is 14.8. The van der Waals surface area contributed by atoms with Crippen LogP contribution in [0.4, 0.5) is 10.1 Å². The normalized spacial score (nSPS) is 13.1. The van der Waals surface area contributed by atoms with Crippen molar-refractivity contribution in [2.75, 3.05) is 5.23 Å². The molecule has 3 aromatic rings. The Balaban J connectivity index is 1.85. The Labute approximate surface area is 142 Å². The number of anilines is 1. The second-order valence-electron chi connectivity index (χ2n) is 6.18. The molecule has 1 aliphatic rings. The van der Waals surface area contributed by atoms with E-state index in [1.54, 1.807) is 0 Å². The highest BCUT2D eigenvalue weighted by Gasteiger charge is 2.28. The Morgan fingerprint density at radius 3 is 2.29 bits per heavy atom. The highest BCUT2D eigenvalue weighted by atomic mass is 19.1. The van der Waals surface area contributed by atoms with E-state index in [9.17, 15) is 4.39 Å². The highest BCUT2D eigenvalue weighted by molar-refractivity contribution is 6.93. The molecule has 3 heteroatoms. The molecule has 1 nitrogen and oxygen atoms in total. The van der Waals surface area contributed by atoms with E-state index in [1.807, 2.05) is 24.3 Å². The number of hydrogen-bond acceptors (Lipinski definition) is 1. The molecule has 0 atom stereocenters. The Morgan fingerprint density at radius 1 is 0.833 bits per heavy atom. The van der Waals surface area contributed by atoms with Gasteiger partial charge in [0.15, 0.2) is 0 Å². The summed E-state index contributed by atoms with van der Waals surface area (Å²) < 4.78 is 13.3. The lowest BCUT2D eigenvalue weighted by Crippen LogP contribution is -2.41. The molecule has 0 saturated heterocycles. The lowest BCUT2D eigenvalue weighted by molar-refractivity contribution is 0.628. The first-order valence-corrected chi connectivity index (χ1v) is 8.10. The van der Waals surface area contributed by atoms with Crippen molar-refractivity contribution >= 4 is 29.5 Å². The van der Waals surface area contributed by atoms with Gasteiger partial charge in [0.05, 0.1) is 0 Å². The van der Waals surface area contributed by atoms with E-state index in [4.69, 9.17) is 0 Å². The first-order chi connectivity index (χ1) is 11.7. The molecule has 0 amide bonds. The average molecular weight is 313 g/mol. The van der Waals surface area contributed by atoms with Gasteiger partial charge in [0, 0.05) is 5.69 Å². The summed E-state index contributed by atoms with van der Waals surface area (Å²) in [6.07, 6.45) is 2.23. The SMILES string of the molecule is Cc1ccc(C2=Cc3ccccc3NB2c2ccc(F)cc2)cc1. The number of nitrogens with one attached hydrogen (secondary N) is 1. The quantitative estimate of drug-likeness (QED) is 0.685. The van der Waals surface area contributed by atoms with Crippen LogP contribution in [0.2, 0.25) is 0 Å². The molecular weight excluding hydrogens is 296 g/mol. The van der Waals surface area contributed by atoms with Crippen molar-refractivity contribution in [3.63, 3.8) is 0 Å². The molecule has 1 aliphatic heterocycles. The lowest BCUT2D eigenvalue weighted by atomic mass is 9.47. The highest BCUT2D eigenvalue weighted by Crippen LogP contribution is 2.30. The van der Waals surface area contributed by atoms with Crippen molar-refractivity contribution in [1.29, 1.82) is 0 Å². The van der Waals surface area contributed by atoms with Crippen LogP contribution in [0.3, 0.4) is 0 Å². The van der Waals surface area contributed by atoms with Crippen LogP contribution in [-0.4, -0.2) is 6.85 Å². The van der Waals surface area contributed by atoms with E-state index in [0.29, 0.717) is 0 Å². The molecular formula is C21H17BFN. The maximum Gasteiger partial charge on any atom is 0.321 e. The molecule has 0 spiro atoms. The van der Waals surface area contributed by atoms with Gasteiger partial charge >= 0.3 is 6.85 Å². The summed E-state index contributed by atoms with van der Waals surface area (Å²) in [4.78, 5) is 0. The topological polar surface area (TPSA) is 12.0 Å². The zero-order chi connectivity index (χ0) is 16.5. The Kier molecular flexibility index (Phi) is 3.70. The van der Waals surface area contributed by atoms with E-state index >= 15 is 0 Å². The summed E-state index contributed by atoms with van der Waals surface area (Å²) in [5.74, 6) is -0.212. The largest absolute Gasteiger partial charge is 0.420 e. The van der Waals surface area contributed by atoms with Crippen LogP contribution >= 0.6 is 0 Å². The van der Waals surface area contributed by atoms with Gasteiger partial charge < -0.3 is 5.23 Å². The Bertz CT molecular complexity index is 898. The lowest BCUT2D eigenvalue weighted by Gasteiger charge is -2.26. The molecule has 0 saturated carbocycles.